The fourth-order valence-corrected chi connectivity index (χ4v) is 1.69. The summed E-state index contributed by atoms with van der Waals surface area (Å²) in [6.07, 6.45) is -2.69. The molecule has 0 spiro atoms. The van der Waals surface area contributed by atoms with E-state index in [1.54, 1.807) is 23.9 Å². The minimum atomic E-state index is -4.30. The van der Waals surface area contributed by atoms with Crippen molar-refractivity contribution < 1.29 is 13.2 Å². The lowest BCUT2D eigenvalue weighted by molar-refractivity contribution is -0.137. The Morgan fingerprint density at radius 1 is 1.12 bits per heavy atom. The van der Waals surface area contributed by atoms with E-state index in [0.717, 1.165) is 17.8 Å². The molecule has 17 heavy (non-hydrogen) atoms. The van der Waals surface area contributed by atoms with Gasteiger partial charge in [-0.05, 0) is 43.7 Å². The maximum Gasteiger partial charge on any atom is 0.416 e. The van der Waals surface area contributed by atoms with Gasteiger partial charge in [-0.3, -0.25) is 0 Å². The molecule has 2 rings (SSSR count). The Kier molecular flexibility index (Phi) is 2.69. The van der Waals surface area contributed by atoms with Crippen molar-refractivity contribution in [2.75, 3.05) is 0 Å². The van der Waals surface area contributed by atoms with Crippen LogP contribution in [0.3, 0.4) is 0 Å². The van der Waals surface area contributed by atoms with Gasteiger partial charge in [0.25, 0.3) is 0 Å². The number of aryl methyl sites for hydroxylation is 2. The number of rotatable bonds is 1. The Hall–Kier alpha value is -1.78. The summed E-state index contributed by atoms with van der Waals surface area (Å²) >= 11 is 0. The van der Waals surface area contributed by atoms with Gasteiger partial charge in [0.05, 0.1) is 11.3 Å². The van der Waals surface area contributed by atoms with Gasteiger partial charge >= 0.3 is 6.18 Å². The lowest BCUT2D eigenvalue weighted by Gasteiger charge is -2.12. The lowest BCUT2D eigenvalue weighted by Crippen LogP contribution is -2.07. The Morgan fingerprint density at radius 3 is 2.29 bits per heavy atom. The Bertz CT molecular complexity index is 541. The van der Waals surface area contributed by atoms with Crippen LogP contribution in [-0.4, -0.2) is 9.78 Å². The maximum absolute atomic E-state index is 12.5. The van der Waals surface area contributed by atoms with Crippen molar-refractivity contribution in [2.24, 2.45) is 0 Å². The van der Waals surface area contributed by atoms with E-state index >= 15 is 0 Å². The first-order valence-corrected chi connectivity index (χ1v) is 5.08. The molecule has 0 saturated carbocycles. The number of halogens is 3. The van der Waals surface area contributed by atoms with Crippen LogP contribution in [0.25, 0.3) is 5.69 Å². The van der Waals surface area contributed by atoms with Crippen molar-refractivity contribution in [1.29, 1.82) is 0 Å². The summed E-state index contributed by atoms with van der Waals surface area (Å²) in [6.45, 7) is 3.50. The van der Waals surface area contributed by atoms with Crippen LogP contribution < -0.4 is 0 Å². The van der Waals surface area contributed by atoms with E-state index in [1.165, 1.54) is 6.07 Å². The molecule has 1 aromatic carbocycles. The van der Waals surface area contributed by atoms with Gasteiger partial charge in [-0.25, -0.2) is 4.68 Å². The smallest absolute Gasteiger partial charge is 0.238 e. The molecule has 0 aliphatic rings. The number of hydrogen-bond donors (Lipinski definition) is 0. The molecule has 0 bridgehead atoms. The molecule has 0 radical (unpaired) electrons. The molecule has 0 aliphatic carbocycles. The molecule has 1 aromatic heterocycles. The molecule has 2 aromatic rings. The van der Waals surface area contributed by atoms with Crippen molar-refractivity contribution in [3.63, 3.8) is 0 Å². The fraction of sp³-hybridized carbons (Fsp3) is 0.250. The van der Waals surface area contributed by atoms with E-state index < -0.39 is 11.7 Å². The average Bonchev–Trinajstić information content (AvgIpc) is 2.63. The van der Waals surface area contributed by atoms with Gasteiger partial charge in [0.1, 0.15) is 0 Å². The zero-order valence-electron chi connectivity index (χ0n) is 9.42. The number of hydrogen-bond acceptors (Lipinski definition) is 1. The molecule has 0 unspecified atom stereocenters. The monoisotopic (exact) mass is 240 g/mol. The van der Waals surface area contributed by atoms with Crippen LogP contribution in [0.4, 0.5) is 13.2 Å². The predicted octanol–water partition coefficient (Wildman–Crippen LogP) is 3.51. The van der Waals surface area contributed by atoms with Crippen LogP contribution in [0.2, 0.25) is 0 Å². The highest BCUT2D eigenvalue weighted by Crippen LogP contribution is 2.31. The van der Waals surface area contributed by atoms with E-state index in [2.05, 4.69) is 5.10 Å². The first kappa shape index (κ1) is 11.7. The van der Waals surface area contributed by atoms with Crippen molar-refractivity contribution in [3.05, 3.63) is 47.3 Å². The van der Waals surface area contributed by atoms with Gasteiger partial charge in [-0.15, -0.1) is 0 Å². The van der Waals surface area contributed by atoms with Crippen LogP contribution in [-0.2, 0) is 6.18 Å². The van der Waals surface area contributed by atoms with Gasteiger partial charge in [0.15, 0.2) is 0 Å². The zero-order chi connectivity index (χ0) is 12.6. The Labute approximate surface area is 96.7 Å². The van der Waals surface area contributed by atoms with E-state index in [-0.39, 0.29) is 0 Å². The predicted molar refractivity (Wildman–Crippen MR) is 58.0 cm³/mol. The molecule has 1 heterocycles. The summed E-state index contributed by atoms with van der Waals surface area (Å²) in [5.41, 5.74) is 1.46. The molecule has 0 amide bonds. The van der Waals surface area contributed by atoms with Crippen molar-refractivity contribution in [1.82, 2.24) is 9.78 Å². The zero-order valence-corrected chi connectivity index (χ0v) is 9.42. The second-order valence-electron chi connectivity index (χ2n) is 3.88. The van der Waals surface area contributed by atoms with Crippen LogP contribution in [0.5, 0.6) is 0 Å². The van der Waals surface area contributed by atoms with Crippen LogP contribution >= 0.6 is 0 Å². The largest absolute Gasteiger partial charge is 0.416 e. The van der Waals surface area contributed by atoms with Crippen molar-refractivity contribution in [3.8, 4) is 5.69 Å². The van der Waals surface area contributed by atoms with E-state index in [9.17, 15) is 13.2 Å². The fourth-order valence-electron chi connectivity index (χ4n) is 1.69. The maximum atomic E-state index is 12.5. The number of benzene rings is 1. The topological polar surface area (TPSA) is 17.8 Å². The molecular formula is C12H11F3N2. The summed E-state index contributed by atoms with van der Waals surface area (Å²) in [4.78, 5) is 0. The highest BCUT2D eigenvalue weighted by atomic mass is 19.4. The van der Waals surface area contributed by atoms with Crippen molar-refractivity contribution >= 4 is 0 Å². The molecule has 0 aliphatic heterocycles. The third kappa shape index (κ3) is 2.18. The molecule has 2 nitrogen and oxygen atoms in total. The second-order valence-corrected chi connectivity index (χ2v) is 3.88. The normalized spacial score (nSPS) is 11.8. The molecule has 0 fully saturated rings. The molecule has 5 heteroatoms. The molecule has 90 valence electrons. The SMILES string of the molecule is Cc1cc(C(F)(F)F)ccc1-n1nccc1C. The van der Waals surface area contributed by atoms with Gasteiger partial charge in [0, 0.05) is 11.9 Å². The van der Waals surface area contributed by atoms with Crippen LogP contribution in [0.15, 0.2) is 30.5 Å². The molecule has 0 N–H and O–H groups in total. The lowest BCUT2D eigenvalue weighted by atomic mass is 10.1. The van der Waals surface area contributed by atoms with Crippen LogP contribution in [0.1, 0.15) is 16.8 Å². The minimum absolute atomic E-state index is 0.548. The van der Waals surface area contributed by atoms with Gasteiger partial charge < -0.3 is 0 Å². The van der Waals surface area contributed by atoms with Gasteiger partial charge in [0.2, 0.25) is 0 Å². The highest BCUT2D eigenvalue weighted by Gasteiger charge is 2.30. The number of aromatic nitrogens is 2. The van der Waals surface area contributed by atoms with Gasteiger partial charge in [-0.2, -0.15) is 18.3 Å². The van der Waals surface area contributed by atoms with E-state index in [0.29, 0.717) is 11.3 Å². The number of nitrogens with zero attached hydrogens (tertiary/aromatic N) is 2. The highest BCUT2D eigenvalue weighted by molar-refractivity contribution is 5.43. The summed E-state index contributed by atoms with van der Waals surface area (Å²) in [5, 5.41) is 4.07. The molecular weight excluding hydrogens is 229 g/mol. The first-order valence-electron chi connectivity index (χ1n) is 5.08. The van der Waals surface area contributed by atoms with E-state index in [4.69, 9.17) is 0 Å². The van der Waals surface area contributed by atoms with E-state index in [1.807, 2.05) is 6.92 Å². The summed E-state index contributed by atoms with van der Waals surface area (Å²) in [5.74, 6) is 0. The average molecular weight is 240 g/mol. The standard InChI is InChI=1S/C12H11F3N2/c1-8-7-10(12(13,14)15)3-4-11(8)17-9(2)5-6-16-17/h3-7H,1-2H3. The van der Waals surface area contributed by atoms with Crippen LogP contribution in [0, 0.1) is 13.8 Å². The first-order chi connectivity index (χ1) is 7.89. The van der Waals surface area contributed by atoms with Gasteiger partial charge in [-0.1, -0.05) is 0 Å². The summed E-state index contributed by atoms with van der Waals surface area (Å²) in [7, 11) is 0. The third-order valence-corrected chi connectivity index (χ3v) is 2.58. The Morgan fingerprint density at radius 2 is 1.82 bits per heavy atom. The second kappa shape index (κ2) is 3.91. The third-order valence-electron chi connectivity index (χ3n) is 2.58. The minimum Gasteiger partial charge on any atom is -0.238 e. The van der Waals surface area contributed by atoms with Crippen molar-refractivity contribution in [2.45, 2.75) is 20.0 Å². The molecule has 0 atom stereocenters. The quantitative estimate of drug-likeness (QED) is 0.745. The summed E-state index contributed by atoms with van der Waals surface area (Å²) < 4.78 is 39.1. The molecule has 0 saturated heterocycles. The number of alkyl halides is 3. The Balaban J connectivity index is 2.50. The summed E-state index contributed by atoms with van der Waals surface area (Å²) in [6, 6.07) is 5.45.